The molecular weight excluding hydrogens is 459 g/mol. The van der Waals surface area contributed by atoms with Gasteiger partial charge in [-0.05, 0) is 12.1 Å². The van der Waals surface area contributed by atoms with E-state index in [1.807, 2.05) is 0 Å². The van der Waals surface area contributed by atoms with Gasteiger partial charge >= 0.3 is 41.4 Å². The molecule has 0 N–H and O–H groups in total. The highest BCUT2D eigenvalue weighted by molar-refractivity contribution is 5.76. The molecule has 0 atom stereocenters. The molecular formula is C15H5F13O2. The predicted octanol–water partition coefficient (Wildman–Crippen LogP) is 5.99. The van der Waals surface area contributed by atoms with Crippen molar-refractivity contribution in [3.8, 4) is 0 Å². The van der Waals surface area contributed by atoms with E-state index in [0.717, 1.165) is 24.3 Å². The molecule has 2 aromatic rings. The average Bonchev–Trinajstić information content (AvgIpc) is 2.59. The van der Waals surface area contributed by atoms with Crippen molar-refractivity contribution in [2.45, 2.75) is 35.8 Å². The molecule has 0 aliphatic heterocycles. The van der Waals surface area contributed by atoms with Crippen LogP contribution in [0.4, 0.5) is 57.1 Å². The van der Waals surface area contributed by atoms with Crippen LogP contribution < -0.4 is 5.63 Å². The lowest BCUT2D eigenvalue weighted by Gasteiger charge is -2.39. The van der Waals surface area contributed by atoms with Crippen molar-refractivity contribution in [2.75, 3.05) is 0 Å². The molecule has 1 aromatic carbocycles. The first kappa shape index (κ1) is 23.8. The molecule has 0 spiro atoms. The fraction of sp³-hybridized carbons (Fsp3) is 0.400. The van der Waals surface area contributed by atoms with Crippen molar-refractivity contribution in [1.29, 1.82) is 0 Å². The van der Waals surface area contributed by atoms with Crippen molar-refractivity contribution in [3.63, 3.8) is 0 Å². The highest BCUT2D eigenvalue weighted by Gasteiger charge is 2.91. The number of para-hydroxylation sites is 1. The van der Waals surface area contributed by atoms with Crippen LogP contribution in [0.15, 0.2) is 39.5 Å². The van der Waals surface area contributed by atoms with Crippen molar-refractivity contribution in [1.82, 2.24) is 0 Å². The van der Waals surface area contributed by atoms with Crippen LogP contribution in [0, 0.1) is 0 Å². The zero-order chi connectivity index (χ0) is 23.6. The van der Waals surface area contributed by atoms with E-state index < -0.39 is 57.9 Å². The third-order valence-electron chi connectivity index (χ3n) is 3.91. The summed E-state index contributed by atoms with van der Waals surface area (Å²) < 4.78 is 175. The van der Waals surface area contributed by atoms with Gasteiger partial charge < -0.3 is 4.42 Å². The summed E-state index contributed by atoms with van der Waals surface area (Å²) in [5, 5.41) is -0.599. The van der Waals surface area contributed by atoms with Gasteiger partial charge in [0.2, 0.25) is 0 Å². The Bertz CT molecular complexity index is 1000. The quantitative estimate of drug-likeness (QED) is 0.402. The summed E-state index contributed by atoms with van der Waals surface area (Å²) in [7, 11) is 0. The monoisotopic (exact) mass is 464 g/mol. The molecule has 0 saturated carbocycles. The van der Waals surface area contributed by atoms with Gasteiger partial charge in [0.1, 0.15) is 11.1 Å². The second-order valence-electron chi connectivity index (χ2n) is 5.86. The highest BCUT2D eigenvalue weighted by atomic mass is 19.4. The Hall–Kier alpha value is -2.48. The molecule has 2 rings (SSSR count). The van der Waals surface area contributed by atoms with Crippen LogP contribution in [0.2, 0.25) is 0 Å². The Morgan fingerprint density at radius 1 is 0.633 bits per heavy atom. The second kappa shape index (κ2) is 6.51. The summed E-state index contributed by atoms with van der Waals surface area (Å²) in [4.78, 5) is 11.5. The van der Waals surface area contributed by atoms with Gasteiger partial charge in [-0.15, -0.1) is 0 Å². The molecule has 0 aliphatic carbocycles. The van der Waals surface area contributed by atoms with Gasteiger partial charge in [-0.25, -0.2) is 4.79 Å². The lowest BCUT2D eigenvalue weighted by molar-refractivity contribution is -0.441. The third kappa shape index (κ3) is 3.00. The Labute approximate surface area is 155 Å². The first-order chi connectivity index (χ1) is 13.2. The van der Waals surface area contributed by atoms with Gasteiger partial charge in [0.05, 0.1) is 0 Å². The predicted molar refractivity (Wildman–Crippen MR) is 72.2 cm³/mol. The van der Waals surface area contributed by atoms with E-state index in [2.05, 4.69) is 4.42 Å². The van der Waals surface area contributed by atoms with Gasteiger partial charge in [0, 0.05) is 5.39 Å². The van der Waals surface area contributed by atoms with E-state index in [1.165, 1.54) is 0 Å². The van der Waals surface area contributed by atoms with Crippen LogP contribution in [0.1, 0.15) is 5.56 Å². The topological polar surface area (TPSA) is 30.2 Å². The maximum absolute atomic E-state index is 14.1. The van der Waals surface area contributed by atoms with E-state index >= 15 is 0 Å². The van der Waals surface area contributed by atoms with E-state index in [-0.39, 0.29) is 6.07 Å². The van der Waals surface area contributed by atoms with Crippen LogP contribution in [0.3, 0.4) is 0 Å². The fourth-order valence-corrected chi connectivity index (χ4v) is 2.22. The number of fused-ring (bicyclic) bond motifs is 1. The minimum absolute atomic E-state index is 0.175. The number of halogens is 13. The molecule has 15 heteroatoms. The van der Waals surface area contributed by atoms with Crippen LogP contribution in [0.5, 0.6) is 0 Å². The number of rotatable bonds is 5. The molecule has 168 valence electrons. The molecule has 0 saturated heterocycles. The zero-order valence-electron chi connectivity index (χ0n) is 13.6. The zero-order valence-corrected chi connectivity index (χ0v) is 13.6. The minimum atomic E-state index is -8.04. The summed E-state index contributed by atoms with van der Waals surface area (Å²) in [6, 6.07) is 3.82. The Balaban J connectivity index is 2.71. The Morgan fingerprint density at radius 3 is 1.60 bits per heavy atom. The summed E-state index contributed by atoms with van der Waals surface area (Å²) in [5.74, 6) is -38.1. The van der Waals surface area contributed by atoms with E-state index in [1.54, 1.807) is 0 Å². The minimum Gasteiger partial charge on any atom is -0.422 e. The third-order valence-corrected chi connectivity index (χ3v) is 3.91. The SMILES string of the molecule is O=c1oc2ccccc2cc1C(F)(F)C(F)(F)C(F)(F)C(F)(F)C(F)(F)C(F)(F)F. The van der Waals surface area contributed by atoms with Crippen LogP contribution in [0.25, 0.3) is 11.0 Å². The van der Waals surface area contributed by atoms with Crippen LogP contribution in [-0.2, 0) is 5.92 Å². The molecule has 0 unspecified atom stereocenters. The van der Waals surface area contributed by atoms with E-state index in [0.29, 0.717) is 0 Å². The van der Waals surface area contributed by atoms with Crippen molar-refractivity contribution >= 4 is 11.0 Å². The fourth-order valence-electron chi connectivity index (χ4n) is 2.22. The maximum Gasteiger partial charge on any atom is 0.460 e. The molecule has 0 fully saturated rings. The first-order valence-electron chi connectivity index (χ1n) is 7.22. The summed E-state index contributed by atoms with van der Waals surface area (Å²) in [6.07, 6.45) is -7.51. The van der Waals surface area contributed by atoms with Crippen molar-refractivity contribution < 1.29 is 61.5 Å². The van der Waals surface area contributed by atoms with E-state index in [4.69, 9.17) is 0 Å². The van der Waals surface area contributed by atoms with Crippen molar-refractivity contribution in [2.24, 2.45) is 0 Å². The molecule has 0 aliphatic rings. The Kier molecular flexibility index (Phi) is 5.16. The second-order valence-corrected chi connectivity index (χ2v) is 5.86. The highest BCUT2D eigenvalue weighted by Crippen LogP contribution is 2.61. The largest absolute Gasteiger partial charge is 0.460 e. The first-order valence-corrected chi connectivity index (χ1v) is 7.22. The van der Waals surface area contributed by atoms with Gasteiger partial charge in [-0.1, -0.05) is 18.2 Å². The van der Waals surface area contributed by atoms with E-state index in [9.17, 15) is 61.9 Å². The summed E-state index contributed by atoms with van der Waals surface area (Å²) >= 11 is 0. The molecule has 0 amide bonds. The van der Waals surface area contributed by atoms with Gasteiger partial charge in [0.25, 0.3) is 0 Å². The smallest absolute Gasteiger partial charge is 0.422 e. The lowest BCUT2D eigenvalue weighted by atomic mass is 9.91. The molecule has 2 nitrogen and oxygen atoms in total. The number of hydrogen-bond donors (Lipinski definition) is 0. The normalized spacial score (nSPS) is 15.0. The van der Waals surface area contributed by atoms with Crippen LogP contribution >= 0.6 is 0 Å². The lowest BCUT2D eigenvalue weighted by Crippen LogP contribution is -2.69. The average molecular weight is 464 g/mol. The number of benzene rings is 1. The molecule has 30 heavy (non-hydrogen) atoms. The number of hydrogen-bond acceptors (Lipinski definition) is 2. The standard InChI is InChI=1S/C15H5F13O2/c16-10(17,7-5-6-3-1-2-4-8(6)30-9(7)29)11(18,19)12(20,21)13(22,23)14(24,25)15(26,27)28/h1-5H. The van der Waals surface area contributed by atoms with Gasteiger partial charge in [-0.2, -0.15) is 57.1 Å². The Morgan fingerprint density at radius 2 is 1.10 bits per heavy atom. The molecule has 1 aromatic heterocycles. The van der Waals surface area contributed by atoms with Crippen LogP contribution in [-0.4, -0.2) is 29.9 Å². The molecule has 1 heterocycles. The summed E-state index contributed by atoms with van der Waals surface area (Å²) in [5.41, 5.74) is -5.65. The molecule has 0 bridgehead atoms. The van der Waals surface area contributed by atoms with Crippen molar-refractivity contribution in [3.05, 3.63) is 46.3 Å². The summed E-state index contributed by atoms with van der Waals surface area (Å²) in [6.45, 7) is 0. The maximum atomic E-state index is 14.1. The van der Waals surface area contributed by atoms with Gasteiger partial charge in [0.15, 0.2) is 0 Å². The molecule has 0 radical (unpaired) electrons. The number of alkyl halides is 13. The van der Waals surface area contributed by atoms with Gasteiger partial charge in [-0.3, -0.25) is 0 Å².